The molecule has 1 N–H and O–H groups in total. The first-order chi connectivity index (χ1) is 8.63. The highest BCUT2D eigenvalue weighted by atomic mass is 32.2. The Kier molecular flexibility index (Phi) is 4.68. The van der Waals surface area contributed by atoms with Crippen molar-refractivity contribution < 1.29 is 0 Å². The number of nitrogens with zero attached hydrogens (tertiary/aromatic N) is 3. The van der Waals surface area contributed by atoms with E-state index in [1.807, 2.05) is 24.7 Å². The minimum atomic E-state index is 0.470. The van der Waals surface area contributed by atoms with Gasteiger partial charge in [-0.3, -0.25) is 0 Å². The Hall–Kier alpha value is -0.980. The van der Waals surface area contributed by atoms with E-state index >= 15 is 0 Å². The van der Waals surface area contributed by atoms with E-state index in [0.717, 1.165) is 27.3 Å². The average molecular weight is 280 g/mol. The Morgan fingerprint density at radius 1 is 1.33 bits per heavy atom. The smallest absolute Gasteiger partial charge is 0.194 e. The van der Waals surface area contributed by atoms with Crippen LogP contribution in [0, 0.1) is 6.92 Å². The number of nitrogens with one attached hydrogen (secondary N) is 1. The standard InChI is InChI=1S/C12H16N4S2/c1-8(2)13-4-10-5-14-11(15-6-10)18-12-16-9(3)7-17-12/h5-8,13H,4H2,1-3H3. The number of hydrogen-bond acceptors (Lipinski definition) is 6. The second-order valence-corrected chi connectivity index (χ2v) is 6.34. The molecule has 0 saturated heterocycles. The van der Waals surface area contributed by atoms with E-state index in [0.29, 0.717) is 6.04 Å². The second kappa shape index (κ2) is 6.26. The zero-order valence-corrected chi connectivity index (χ0v) is 12.3. The summed E-state index contributed by atoms with van der Waals surface area (Å²) in [4.78, 5) is 13.1. The highest BCUT2D eigenvalue weighted by molar-refractivity contribution is 8.00. The molecule has 6 heteroatoms. The predicted molar refractivity (Wildman–Crippen MR) is 75.0 cm³/mol. The van der Waals surface area contributed by atoms with Gasteiger partial charge < -0.3 is 5.32 Å². The van der Waals surface area contributed by atoms with E-state index in [1.54, 1.807) is 11.3 Å². The van der Waals surface area contributed by atoms with E-state index < -0.39 is 0 Å². The molecule has 0 atom stereocenters. The van der Waals surface area contributed by atoms with Crippen LogP contribution in [0.5, 0.6) is 0 Å². The van der Waals surface area contributed by atoms with Crippen molar-refractivity contribution in [1.82, 2.24) is 20.3 Å². The minimum absolute atomic E-state index is 0.470. The van der Waals surface area contributed by atoms with Gasteiger partial charge in [-0.25, -0.2) is 15.0 Å². The maximum atomic E-state index is 4.38. The molecular weight excluding hydrogens is 264 g/mol. The first-order valence-electron chi connectivity index (χ1n) is 5.78. The van der Waals surface area contributed by atoms with Crippen LogP contribution < -0.4 is 5.32 Å². The summed E-state index contributed by atoms with van der Waals surface area (Å²) in [6, 6.07) is 0.470. The molecular formula is C12H16N4S2. The first-order valence-corrected chi connectivity index (χ1v) is 7.47. The van der Waals surface area contributed by atoms with Crippen molar-refractivity contribution >= 4 is 23.1 Å². The van der Waals surface area contributed by atoms with Crippen molar-refractivity contribution in [2.45, 2.75) is 42.9 Å². The number of rotatable bonds is 5. The number of aryl methyl sites for hydroxylation is 1. The van der Waals surface area contributed by atoms with E-state index in [-0.39, 0.29) is 0 Å². The van der Waals surface area contributed by atoms with Crippen LogP contribution >= 0.6 is 23.1 Å². The van der Waals surface area contributed by atoms with Gasteiger partial charge in [-0.1, -0.05) is 13.8 Å². The first kappa shape index (κ1) is 13.5. The molecule has 0 aliphatic carbocycles. The molecule has 2 rings (SSSR count). The molecule has 0 aromatic carbocycles. The zero-order valence-electron chi connectivity index (χ0n) is 10.7. The van der Waals surface area contributed by atoms with Crippen LogP contribution in [0.15, 0.2) is 27.3 Å². The van der Waals surface area contributed by atoms with E-state index in [4.69, 9.17) is 0 Å². The summed E-state index contributed by atoms with van der Waals surface area (Å²) in [5, 5.41) is 6.12. The van der Waals surface area contributed by atoms with Gasteiger partial charge in [0, 0.05) is 41.6 Å². The Labute approximate surface area is 115 Å². The van der Waals surface area contributed by atoms with Gasteiger partial charge in [0.1, 0.15) is 0 Å². The SMILES string of the molecule is Cc1csc(Sc2ncc(CNC(C)C)cn2)n1. The molecule has 0 radical (unpaired) electrons. The summed E-state index contributed by atoms with van der Waals surface area (Å²) < 4.78 is 0.987. The molecule has 0 bridgehead atoms. The summed E-state index contributed by atoms with van der Waals surface area (Å²) in [5.74, 6) is 0. The normalized spacial score (nSPS) is 11.1. The van der Waals surface area contributed by atoms with Crippen LogP contribution in [0.1, 0.15) is 25.1 Å². The van der Waals surface area contributed by atoms with Crippen molar-refractivity contribution in [3.8, 4) is 0 Å². The van der Waals surface area contributed by atoms with Gasteiger partial charge in [0.25, 0.3) is 0 Å². The van der Waals surface area contributed by atoms with Gasteiger partial charge in [-0.05, 0) is 18.7 Å². The van der Waals surface area contributed by atoms with Crippen LogP contribution in [-0.2, 0) is 6.54 Å². The highest BCUT2D eigenvalue weighted by Crippen LogP contribution is 2.27. The lowest BCUT2D eigenvalue weighted by molar-refractivity contribution is 0.585. The third-order valence-electron chi connectivity index (χ3n) is 2.17. The molecule has 96 valence electrons. The summed E-state index contributed by atoms with van der Waals surface area (Å²) >= 11 is 3.13. The predicted octanol–water partition coefficient (Wildman–Crippen LogP) is 2.89. The largest absolute Gasteiger partial charge is 0.310 e. The maximum Gasteiger partial charge on any atom is 0.194 e. The number of aromatic nitrogens is 3. The van der Waals surface area contributed by atoms with Gasteiger partial charge in [-0.15, -0.1) is 11.3 Å². The van der Waals surface area contributed by atoms with Crippen molar-refractivity contribution in [2.75, 3.05) is 0 Å². The minimum Gasteiger partial charge on any atom is -0.310 e. The van der Waals surface area contributed by atoms with Crippen LogP contribution in [0.3, 0.4) is 0 Å². The third kappa shape index (κ3) is 4.04. The summed E-state index contributed by atoms with van der Waals surface area (Å²) in [6.45, 7) is 7.03. The van der Waals surface area contributed by atoms with Crippen molar-refractivity contribution in [3.05, 3.63) is 29.0 Å². The average Bonchev–Trinajstić information content (AvgIpc) is 2.74. The summed E-state index contributed by atoms with van der Waals surface area (Å²) in [7, 11) is 0. The van der Waals surface area contributed by atoms with E-state index in [2.05, 4.69) is 34.1 Å². The van der Waals surface area contributed by atoms with Gasteiger partial charge in [-0.2, -0.15) is 0 Å². The molecule has 0 aliphatic heterocycles. The van der Waals surface area contributed by atoms with Gasteiger partial charge in [0.2, 0.25) is 0 Å². The third-order valence-corrected chi connectivity index (χ3v) is 4.12. The number of thiazole rings is 1. The molecule has 2 heterocycles. The topological polar surface area (TPSA) is 50.7 Å². The lowest BCUT2D eigenvalue weighted by Gasteiger charge is -2.07. The fraction of sp³-hybridized carbons (Fsp3) is 0.417. The molecule has 2 aromatic rings. The van der Waals surface area contributed by atoms with Crippen LogP contribution in [-0.4, -0.2) is 21.0 Å². The van der Waals surface area contributed by atoms with Gasteiger partial charge >= 0.3 is 0 Å². The molecule has 4 nitrogen and oxygen atoms in total. The van der Waals surface area contributed by atoms with E-state index in [9.17, 15) is 0 Å². The fourth-order valence-electron chi connectivity index (χ4n) is 1.27. The molecule has 0 saturated carbocycles. The lowest BCUT2D eigenvalue weighted by atomic mass is 10.3. The highest BCUT2D eigenvalue weighted by Gasteiger charge is 2.04. The van der Waals surface area contributed by atoms with Crippen molar-refractivity contribution in [3.63, 3.8) is 0 Å². The molecule has 2 aromatic heterocycles. The quantitative estimate of drug-likeness (QED) is 0.853. The monoisotopic (exact) mass is 280 g/mol. The van der Waals surface area contributed by atoms with Crippen LogP contribution in [0.25, 0.3) is 0 Å². The summed E-state index contributed by atoms with van der Waals surface area (Å²) in [5.41, 5.74) is 2.14. The van der Waals surface area contributed by atoms with E-state index in [1.165, 1.54) is 11.8 Å². The molecule has 0 aliphatic rings. The molecule has 0 amide bonds. The number of hydrogen-bond donors (Lipinski definition) is 1. The Bertz CT molecular complexity index is 493. The van der Waals surface area contributed by atoms with Crippen LogP contribution in [0.2, 0.25) is 0 Å². The van der Waals surface area contributed by atoms with Crippen molar-refractivity contribution in [1.29, 1.82) is 0 Å². The Morgan fingerprint density at radius 2 is 2.06 bits per heavy atom. The molecule has 0 spiro atoms. The van der Waals surface area contributed by atoms with Crippen LogP contribution in [0.4, 0.5) is 0 Å². The Morgan fingerprint density at radius 3 is 2.61 bits per heavy atom. The molecule has 18 heavy (non-hydrogen) atoms. The fourth-order valence-corrected chi connectivity index (χ4v) is 2.90. The molecule has 0 fully saturated rings. The van der Waals surface area contributed by atoms with Gasteiger partial charge in [0.15, 0.2) is 9.50 Å². The second-order valence-electron chi connectivity index (χ2n) is 4.27. The molecule has 0 unspecified atom stereocenters. The Balaban J connectivity index is 1.95. The zero-order chi connectivity index (χ0) is 13.0. The summed E-state index contributed by atoms with van der Waals surface area (Å²) in [6.07, 6.45) is 3.73. The van der Waals surface area contributed by atoms with Gasteiger partial charge in [0.05, 0.1) is 0 Å². The van der Waals surface area contributed by atoms with Crippen molar-refractivity contribution in [2.24, 2.45) is 0 Å². The lowest BCUT2D eigenvalue weighted by Crippen LogP contribution is -2.21. The maximum absolute atomic E-state index is 4.38.